The first-order chi connectivity index (χ1) is 11.6. The maximum atomic E-state index is 12.4. The predicted molar refractivity (Wildman–Crippen MR) is 99.4 cm³/mol. The van der Waals surface area contributed by atoms with Gasteiger partial charge >= 0.3 is 0 Å². The van der Waals surface area contributed by atoms with Crippen LogP contribution in [0.3, 0.4) is 0 Å². The monoisotopic (exact) mass is 367 g/mol. The van der Waals surface area contributed by atoms with E-state index in [2.05, 4.69) is 17.6 Å². The Balaban J connectivity index is 0.00000225. The molecule has 2 aliphatic heterocycles. The second-order valence-electron chi connectivity index (χ2n) is 6.53. The lowest BCUT2D eigenvalue weighted by molar-refractivity contribution is -0.125. The zero-order valence-electron chi connectivity index (χ0n) is 14.7. The fourth-order valence-corrected chi connectivity index (χ4v) is 3.32. The highest BCUT2D eigenvalue weighted by atomic mass is 35.5. The molecule has 0 spiro atoms. The smallest absolute Gasteiger partial charge is 0.267 e. The number of benzene rings is 1. The van der Waals surface area contributed by atoms with Crippen LogP contribution in [0.4, 0.5) is 5.69 Å². The lowest BCUT2D eigenvalue weighted by atomic mass is 10.00. The molecule has 6 nitrogen and oxygen atoms in total. The van der Waals surface area contributed by atoms with Gasteiger partial charge in [0.15, 0.2) is 6.10 Å². The number of nitrogens with one attached hydrogen (secondary N) is 2. The quantitative estimate of drug-likeness (QED) is 0.852. The molecule has 3 atom stereocenters. The van der Waals surface area contributed by atoms with E-state index in [1.165, 1.54) is 0 Å². The summed E-state index contributed by atoms with van der Waals surface area (Å²) in [4.78, 5) is 26.4. The molecule has 0 radical (unpaired) electrons. The number of nitrogens with zero attached hydrogens (tertiary/aromatic N) is 1. The van der Waals surface area contributed by atoms with Crippen molar-refractivity contribution >= 4 is 29.9 Å². The summed E-state index contributed by atoms with van der Waals surface area (Å²) in [5.41, 5.74) is 0.737. The van der Waals surface area contributed by atoms with Crippen molar-refractivity contribution in [2.24, 2.45) is 0 Å². The number of carbonyl (C=O) groups excluding carboxylic acids is 2. The molecule has 2 aliphatic rings. The van der Waals surface area contributed by atoms with Gasteiger partial charge in [0.25, 0.3) is 5.91 Å². The number of hydrogen-bond donors (Lipinski definition) is 2. The second-order valence-corrected chi connectivity index (χ2v) is 6.53. The van der Waals surface area contributed by atoms with Crippen LogP contribution in [0.2, 0.25) is 0 Å². The van der Waals surface area contributed by atoms with Gasteiger partial charge in [-0.15, -0.1) is 12.4 Å². The minimum Gasteiger partial charge on any atom is -0.479 e. The van der Waals surface area contributed by atoms with E-state index >= 15 is 0 Å². The molecule has 1 aromatic rings. The molecule has 2 amide bonds. The molecule has 0 aromatic heterocycles. The number of amides is 2. The summed E-state index contributed by atoms with van der Waals surface area (Å²) in [7, 11) is 0. The van der Waals surface area contributed by atoms with E-state index in [1.807, 2.05) is 24.3 Å². The molecule has 2 heterocycles. The normalized spacial score (nSPS) is 25.4. The number of rotatable bonds is 4. The molecule has 25 heavy (non-hydrogen) atoms. The van der Waals surface area contributed by atoms with E-state index in [4.69, 9.17) is 4.74 Å². The third kappa shape index (κ3) is 4.44. The number of halogens is 1. The Morgan fingerprint density at radius 1 is 1.36 bits per heavy atom. The fourth-order valence-electron chi connectivity index (χ4n) is 3.32. The second kappa shape index (κ2) is 8.54. The average molecular weight is 368 g/mol. The van der Waals surface area contributed by atoms with Gasteiger partial charge in [0.2, 0.25) is 5.91 Å². The van der Waals surface area contributed by atoms with Crippen LogP contribution in [-0.4, -0.2) is 43.1 Å². The van der Waals surface area contributed by atoms with Crippen molar-refractivity contribution < 1.29 is 14.3 Å². The third-order valence-electron chi connectivity index (χ3n) is 4.74. The van der Waals surface area contributed by atoms with Crippen LogP contribution in [0.1, 0.15) is 33.1 Å². The molecular weight excluding hydrogens is 342 g/mol. The Kier molecular flexibility index (Phi) is 6.67. The summed E-state index contributed by atoms with van der Waals surface area (Å²) in [6.45, 7) is 5.20. The van der Waals surface area contributed by atoms with Gasteiger partial charge in [-0.1, -0.05) is 12.1 Å². The molecule has 1 saturated heterocycles. The standard InChI is InChI=1S/C18H25N3O3.ClH/c1-12-14(6-5-10-19-12)20-17(22)9-11-21-15-7-3-4-8-16(15)24-13(2)18(21)23;/h3-4,7-8,12-14,19H,5-6,9-11H2,1-2H3,(H,20,22);1H. The van der Waals surface area contributed by atoms with Crippen LogP contribution in [0.15, 0.2) is 24.3 Å². The first-order valence-corrected chi connectivity index (χ1v) is 8.66. The van der Waals surface area contributed by atoms with Crippen LogP contribution in [0, 0.1) is 0 Å². The lowest BCUT2D eigenvalue weighted by Crippen LogP contribution is -2.52. The summed E-state index contributed by atoms with van der Waals surface area (Å²) in [6, 6.07) is 7.90. The third-order valence-corrected chi connectivity index (χ3v) is 4.74. The summed E-state index contributed by atoms with van der Waals surface area (Å²) in [5, 5.41) is 6.46. The van der Waals surface area contributed by atoms with Gasteiger partial charge in [-0.05, 0) is 45.4 Å². The highest BCUT2D eigenvalue weighted by Crippen LogP contribution is 2.33. The summed E-state index contributed by atoms with van der Waals surface area (Å²) < 4.78 is 5.62. The van der Waals surface area contributed by atoms with Crippen molar-refractivity contribution in [3.8, 4) is 5.75 Å². The molecule has 138 valence electrons. The number of carbonyl (C=O) groups is 2. The maximum Gasteiger partial charge on any atom is 0.267 e. The summed E-state index contributed by atoms with van der Waals surface area (Å²) >= 11 is 0. The van der Waals surface area contributed by atoms with E-state index in [0.29, 0.717) is 12.3 Å². The fraction of sp³-hybridized carbons (Fsp3) is 0.556. The molecular formula is C18H26ClN3O3. The van der Waals surface area contributed by atoms with Crippen LogP contribution < -0.4 is 20.3 Å². The molecule has 7 heteroatoms. The van der Waals surface area contributed by atoms with E-state index in [1.54, 1.807) is 11.8 Å². The van der Waals surface area contributed by atoms with E-state index in [0.717, 1.165) is 25.1 Å². The Labute approximate surface area is 154 Å². The number of piperidine rings is 1. The first-order valence-electron chi connectivity index (χ1n) is 8.66. The number of anilines is 1. The van der Waals surface area contributed by atoms with Crippen molar-refractivity contribution in [1.82, 2.24) is 10.6 Å². The zero-order chi connectivity index (χ0) is 17.1. The van der Waals surface area contributed by atoms with Gasteiger partial charge in [0, 0.05) is 25.0 Å². The van der Waals surface area contributed by atoms with Crippen molar-refractivity contribution in [3.63, 3.8) is 0 Å². The highest BCUT2D eigenvalue weighted by Gasteiger charge is 2.31. The first kappa shape index (κ1) is 19.5. The van der Waals surface area contributed by atoms with Gasteiger partial charge in [-0.2, -0.15) is 0 Å². The van der Waals surface area contributed by atoms with E-state index < -0.39 is 6.10 Å². The molecule has 0 bridgehead atoms. The molecule has 2 N–H and O–H groups in total. The molecule has 3 unspecified atom stereocenters. The van der Waals surface area contributed by atoms with Crippen molar-refractivity contribution in [1.29, 1.82) is 0 Å². The number of ether oxygens (including phenoxy) is 1. The maximum absolute atomic E-state index is 12.4. The van der Waals surface area contributed by atoms with Gasteiger partial charge in [0.1, 0.15) is 5.75 Å². The van der Waals surface area contributed by atoms with Crippen molar-refractivity contribution in [2.45, 2.75) is 51.3 Å². The zero-order valence-corrected chi connectivity index (χ0v) is 15.5. The number of hydrogen-bond acceptors (Lipinski definition) is 4. The molecule has 0 aliphatic carbocycles. The summed E-state index contributed by atoms with van der Waals surface area (Å²) in [5.74, 6) is 0.573. The van der Waals surface area contributed by atoms with Crippen LogP contribution in [0.5, 0.6) is 5.75 Å². The van der Waals surface area contributed by atoms with E-state index in [9.17, 15) is 9.59 Å². The van der Waals surface area contributed by atoms with Gasteiger partial charge in [-0.3, -0.25) is 9.59 Å². The minimum atomic E-state index is -0.523. The highest BCUT2D eigenvalue weighted by molar-refractivity contribution is 6.00. The molecule has 3 rings (SSSR count). The largest absolute Gasteiger partial charge is 0.479 e. The molecule has 0 saturated carbocycles. The van der Waals surface area contributed by atoms with Gasteiger partial charge in [-0.25, -0.2) is 0 Å². The Hall–Kier alpha value is -1.79. The van der Waals surface area contributed by atoms with Crippen LogP contribution >= 0.6 is 12.4 Å². The van der Waals surface area contributed by atoms with Gasteiger partial charge in [0.05, 0.1) is 5.69 Å². The van der Waals surface area contributed by atoms with Crippen LogP contribution in [0.25, 0.3) is 0 Å². The minimum absolute atomic E-state index is 0. The lowest BCUT2D eigenvalue weighted by Gasteiger charge is -2.33. The SMILES string of the molecule is CC1Oc2ccccc2N(CCC(=O)NC2CCCNC2C)C1=O.Cl. The number of para-hydroxylation sites is 2. The molecule has 1 aromatic carbocycles. The topological polar surface area (TPSA) is 70.7 Å². The van der Waals surface area contributed by atoms with Crippen molar-refractivity contribution in [2.75, 3.05) is 18.0 Å². The predicted octanol–water partition coefficient (Wildman–Crippen LogP) is 1.87. The number of fused-ring (bicyclic) bond motifs is 1. The van der Waals surface area contributed by atoms with Crippen molar-refractivity contribution in [3.05, 3.63) is 24.3 Å². The Morgan fingerprint density at radius 3 is 2.88 bits per heavy atom. The Bertz CT molecular complexity index is 625. The van der Waals surface area contributed by atoms with E-state index in [-0.39, 0.29) is 42.7 Å². The average Bonchev–Trinajstić information content (AvgIpc) is 2.57. The Morgan fingerprint density at radius 2 is 2.12 bits per heavy atom. The molecule has 1 fully saturated rings. The van der Waals surface area contributed by atoms with Crippen LogP contribution in [-0.2, 0) is 9.59 Å². The summed E-state index contributed by atoms with van der Waals surface area (Å²) in [6.07, 6.45) is 1.83. The van der Waals surface area contributed by atoms with Gasteiger partial charge < -0.3 is 20.3 Å².